The van der Waals surface area contributed by atoms with Gasteiger partial charge in [0.05, 0.1) is 0 Å². The van der Waals surface area contributed by atoms with Crippen molar-refractivity contribution in [3.8, 4) is 0 Å². The third-order valence-corrected chi connectivity index (χ3v) is 3.17. The fourth-order valence-corrected chi connectivity index (χ4v) is 2.29. The van der Waals surface area contributed by atoms with Crippen LogP contribution in [-0.4, -0.2) is 0 Å². The van der Waals surface area contributed by atoms with E-state index in [1.165, 1.54) is 44.1 Å². The molecular weight excluding hydrogens is 168 g/mol. The van der Waals surface area contributed by atoms with Crippen molar-refractivity contribution < 1.29 is 0 Å². The molecule has 1 aliphatic rings. The zero-order valence-electron chi connectivity index (χ0n) is 9.97. The van der Waals surface area contributed by atoms with Crippen molar-refractivity contribution in [3.63, 3.8) is 0 Å². The van der Waals surface area contributed by atoms with Gasteiger partial charge in [0.1, 0.15) is 0 Å². The highest BCUT2D eigenvalue weighted by Gasteiger charge is 2.15. The average Bonchev–Trinajstić information content (AvgIpc) is 2.20. The first-order chi connectivity index (χ1) is 6.74. The van der Waals surface area contributed by atoms with E-state index in [1.807, 2.05) is 0 Å². The molecule has 1 aliphatic carbocycles. The molecule has 0 radical (unpaired) electrons. The standard InChI is InChI=1S/C14H24/c1-4-13(11-10-12(2)3)14-8-6-5-7-9-14/h10-11,14H,4-9H2,1-3H3/b13-11+. The van der Waals surface area contributed by atoms with Crippen LogP contribution in [0.5, 0.6) is 0 Å². The van der Waals surface area contributed by atoms with Crippen molar-refractivity contribution in [1.82, 2.24) is 0 Å². The molecule has 0 saturated heterocycles. The smallest absolute Gasteiger partial charge is 0.0200 e. The SMILES string of the molecule is CC/C(=C\C=C(C)C)C1CCCCC1. The van der Waals surface area contributed by atoms with Crippen LogP contribution in [0.3, 0.4) is 0 Å². The fraction of sp³-hybridized carbons (Fsp3) is 0.714. The highest BCUT2D eigenvalue weighted by molar-refractivity contribution is 5.18. The van der Waals surface area contributed by atoms with Crippen LogP contribution < -0.4 is 0 Å². The van der Waals surface area contributed by atoms with Gasteiger partial charge in [0.25, 0.3) is 0 Å². The highest BCUT2D eigenvalue weighted by Crippen LogP contribution is 2.31. The number of hydrogen-bond acceptors (Lipinski definition) is 0. The minimum Gasteiger partial charge on any atom is -0.0764 e. The summed E-state index contributed by atoms with van der Waals surface area (Å²) in [5.74, 6) is 0.893. The summed E-state index contributed by atoms with van der Waals surface area (Å²) in [6, 6.07) is 0. The van der Waals surface area contributed by atoms with Gasteiger partial charge >= 0.3 is 0 Å². The Hall–Kier alpha value is -0.520. The lowest BCUT2D eigenvalue weighted by atomic mass is 9.82. The van der Waals surface area contributed by atoms with Crippen molar-refractivity contribution in [2.24, 2.45) is 5.92 Å². The van der Waals surface area contributed by atoms with Gasteiger partial charge in [-0.15, -0.1) is 0 Å². The first-order valence-electron chi connectivity index (χ1n) is 6.08. The maximum atomic E-state index is 2.37. The van der Waals surface area contributed by atoms with E-state index in [0.717, 1.165) is 5.92 Å². The second-order valence-electron chi connectivity index (χ2n) is 4.67. The van der Waals surface area contributed by atoms with Gasteiger partial charge in [0.15, 0.2) is 0 Å². The van der Waals surface area contributed by atoms with Gasteiger partial charge in [-0.05, 0) is 39.0 Å². The molecule has 1 fully saturated rings. The van der Waals surface area contributed by atoms with Crippen molar-refractivity contribution in [2.75, 3.05) is 0 Å². The molecule has 0 N–H and O–H groups in total. The summed E-state index contributed by atoms with van der Waals surface area (Å²) in [7, 11) is 0. The van der Waals surface area contributed by atoms with Crippen molar-refractivity contribution in [2.45, 2.75) is 59.3 Å². The molecule has 0 amide bonds. The molecule has 14 heavy (non-hydrogen) atoms. The van der Waals surface area contributed by atoms with E-state index in [1.54, 1.807) is 5.57 Å². The topological polar surface area (TPSA) is 0 Å². The summed E-state index contributed by atoms with van der Waals surface area (Å²) in [5.41, 5.74) is 3.08. The Kier molecular flexibility index (Phi) is 5.00. The summed E-state index contributed by atoms with van der Waals surface area (Å²) in [6.45, 7) is 6.63. The Morgan fingerprint density at radius 2 is 1.71 bits per heavy atom. The molecule has 0 heteroatoms. The van der Waals surface area contributed by atoms with Gasteiger partial charge in [0.2, 0.25) is 0 Å². The third-order valence-electron chi connectivity index (χ3n) is 3.17. The van der Waals surface area contributed by atoms with Gasteiger partial charge in [-0.1, -0.05) is 49.5 Å². The van der Waals surface area contributed by atoms with Crippen molar-refractivity contribution in [1.29, 1.82) is 0 Å². The Labute approximate surface area is 89.1 Å². The van der Waals surface area contributed by atoms with Crippen LogP contribution in [-0.2, 0) is 0 Å². The lowest BCUT2D eigenvalue weighted by Gasteiger charge is -2.23. The van der Waals surface area contributed by atoms with E-state index in [4.69, 9.17) is 0 Å². The van der Waals surface area contributed by atoms with Crippen LogP contribution in [0.2, 0.25) is 0 Å². The Bertz CT molecular complexity index is 210. The van der Waals surface area contributed by atoms with Gasteiger partial charge in [-0.2, -0.15) is 0 Å². The lowest BCUT2D eigenvalue weighted by molar-refractivity contribution is 0.397. The summed E-state index contributed by atoms with van der Waals surface area (Å²) >= 11 is 0. The molecule has 0 aromatic carbocycles. The monoisotopic (exact) mass is 192 g/mol. The Morgan fingerprint density at radius 1 is 1.07 bits per heavy atom. The number of hydrogen-bond donors (Lipinski definition) is 0. The predicted molar refractivity (Wildman–Crippen MR) is 64.4 cm³/mol. The zero-order chi connectivity index (χ0) is 10.4. The largest absolute Gasteiger partial charge is 0.0764 e. The second kappa shape index (κ2) is 6.06. The lowest BCUT2D eigenvalue weighted by Crippen LogP contribution is -2.08. The molecule has 0 heterocycles. The van der Waals surface area contributed by atoms with Gasteiger partial charge < -0.3 is 0 Å². The molecule has 0 bridgehead atoms. The first kappa shape index (κ1) is 11.6. The molecule has 0 unspecified atom stereocenters. The van der Waals surface area contributed by atoms with E-state index in [0.29, 0.717) is 0 Å². The van der Waals surface area contributed by atoms with Gasteiger partial charge in [-0.3, -0.25) is 0 Å². The van der Waals surface area contributed by atoms with Gasteiger partial charge in [-0.25, -0.2) is 0 Å². The summed E-state index contributed by atoms with van der Waals surface area (Å²) in [4.78, 5) is 0. The fourth-order valence-electron chi connectivity index (χ4n) is 2.29. The van der Waals surface area contributed by atoms with Crippen LogP contribution >= 0.6 is 0 Å². The number of rotatable bonds is 3. The molecule has 0 spiro atoms. The molecule has 0 atom stereocenters. The summed E-state index contributed by atoms with van der Waals surface area (Å²) in [6.07, 6.45) is 13.1. The molecule has 0 aromatic heterocycles. The van der Waals surface area contributed by atoms with Crippen molar-refractivity contribution in [3.05, 3.63) is 23.3 Å². The van der Waals surface area contributed by atoms with E-state index in [-0.39, 0.29) is 0 Å². The summed E-state index contributed by atoms with van der Waals surface area (Å²) < 4.78 is 0. The molecule has 80 valence electrons. The average molecular weight is 192 g/mol. The Morgan fingerprint density at radius 3 is 2.21 bits per heavy atom. The van der Waals surface area contributed by atoms with Crippen LogP contribution in [0.15, 0.2) is 23.3 Å². The minimum atomic E-state index is 0.893. The first-order valence-corrected chi connectivity index (χ1v) is 6.08. The number of allylic oxidation sites excluding steroid dienone is 4. The van der Waals surface area contributed by atoms with Crippen LogP contribution in [0.1, 0.15) is 59.3 Å². The van der Waals surface area contributed by atoms with Gasteiger partial charge in [0, 0.05) is 0 Å². The van der Waals surface area contributed by atoms with Crippen LogP contribution in [0.4, 0.5) is 0 Å². The quantitative estimate of drug-likeness (QED) is 0.560. The molecule has 0 aromatic rings. The Balaban J connectivity index is 2.59. The maximum Gasteiger partial charge on any atom is -0.0200 e. The normalized spacial score (nSPS) is 19.5. The molecule has 1 rings (SSSR count). The summed E-state index contributed by atoms with van der Waals surface area (Å²) in [5, 5.41) is 0. The predicted octanol–water partition coefficient (Wildman–Crippen LogP) is 4.87. The highest BCUT2D eigenvalue weighted by atomic mass is 14.2. The van der Waals surface area contributed by atoms with E-state index >= 15 is 0 Å². The molecule has 0 aliphatic heterocycles. The van der Waals surface area contributed by atoms with Crippen LogP contribution in [0.25, 0.3) is 0 Å². The molecular formula is C14H24. The van der Waals surface area contributed by atoms with E-state index in [9.17, 15) is 0 Å². The zero-order valence-corrected chi connectivity index (χ0v) is 9.97. The van der Waals surface area contributed by atoms with E-state index in [2.05, 4.69) is 32.9 Å². The van der Waals surface area contributed by atoms with E-state index < -0.39 is 0 Å². The maximum absolute atomic E-state index is 2.37. The van der Waals surface area contributed by atoms with Crippen molar-refractivity contribution >= 4 is 0 Å². The third kappa shape index (κ3) is 3.69. The molecule has 0 nitrogen and oxygen atoms in total. The van der Waals surface area contributed by atoms with Crippen LogP contribution in [0, 0.1) is 5.92 Å². The second-order valence-corrected chi connectivity index (χ2v) is 4.67. The minimum absolute atomic E-state index is 0.893. The molecule has 1 saturated carbocycles.